The second-order valence-corrected chi connectivity index (χ2v) is 6.20. The van der Waals surface area contributed by atoms with Crippen molar-refractivity contribution >= 4 is 0 Å². The summed E-state index contributed by atoms with van der Waals surface area (Å²) >= 11 is 0. The molecule has 1 saturated heterocycles. The summed E-state index contributed by atoms with van der Waals surface area (Å²) in [6.45, 7) is 7.74. The monoisotopic (exact) mass is 254 g/mol. The number of ether oxygens (including phenoxy) is 1. The quantitative estimate of drug-likeness (QED) is 0.753. The first kappa shape index (κ1) is 14.3. The van der Waals surface area contributed by atoms with Gasteiger partial charge in [-0.1, -0.05) is 13.3 Å². The average molecular weight is 254 g/mol. The van der Waals surface area contributed by atoms with E-state index in [1.165, 1.54) is 45.2 Å². The van der Waals surface area contributed by atoms with Crippen molar-refractivity contribution in [3.63, 3.8) is 0 Å². The summed E-state index contributed by atoms with van der Waals surface area (Å²) < 4.78 is 5.67. The van der Waals surface area contributed by atoms with Gasteiger partial charge in [0.15, 0.2) is 0 Å². The third kappa shape index (κ3) is 4.22. The summed E-state index contributed by atoms with van der Waals surface area (Å²) in [5.41, 5.74) is 0. The summed E-state index contributed by atoms with van der Waals surface area (Å²) in [6.07, 6.45) is 6.75. The third-order valence-electron chi connectivity index (χ3n) is 4.47. The Morgan fingerprint density at radius 2 is 2.06 bits per heavy atom. The highest BCUT2D eigenvalue weighted by atomic mass is 16.5. The van der Waals surface area contributed by atoms with Crippen molar-refractivity contribution < 1.29 is 4.74 Å². The van der Waals surface area contributed by atoms with Crippen molar-refractivity contribution in [1.29, 1.82) is 0 Å². The van der Waals surface area contributed by atoms with Crippen LogP contribution in [-0.4, -0.2) is 50.8 Å². The van der Waals surface area contributed by atoms with Crippen LogP contribution in [0.25, 0.3) is 0 Å². The van der Waals surface area contributed by atoms with Crippen molar-refractivity contribution in [2.75, 3.05) is 39.9 Å². The SMILES string of the molecule is CCCNC1CCOCC1CN(C)CC1CCC1. The van der Waals surface area contributed by atoms with Gasteiger partial charge in [-0.25, -0.2) is 0 Å². The average Bonchev–Trinajstić information content (AvgIpc) is 2.33. The Labute approximate surface area is 112 Å². The molecule has 0 aromatic carbocycles. The van der Waals surface area contributed by atoms with Gasteiger partial charge < -0.3 is 15.0 Å². The summed E-state index contributed by atoms with van der Waals surface area (Å²) in [6, 6.07) is 0.669. The van der Waals surface area contributed by atoms with Crippen LogP contribution in [0.3, 0.4) is 0 Å². The van der Waals surface area contributed by atoms with Crippen LogP contribution in [0, 0.1) is 11.8 Å². The van der Waals surface area contributed by atoms with E-state index in [4.69, 9.17) is 4.74 Å². The first-order chi connectivity index (χ1) is 8.79. The summed E-state index contributed by atoms with van der Waals surface area (Å²) in [5.74, 6) is 1.65. The molecule has 0 amide bonds. The zero-order chi connectivity index (χ0) is 12.8. The first-order valence-corrected chi connectivity index (χ1v) is 7.79. The molecule has 2 atom stereocenters. The highest BCUT2D eigenvalue weighted by Gasteiger charge is 2.27. The predicted octanol–water partition coefficient (Wildman–Crippen LogP) is 2.12. The zero-order valence-corrected chi connectivity index (χ0v) is 12.2. The smallest absolute Gasteiger partial charge is 0.0521 e. The number of nitrogens with zero attached hydrogens (tertiary/aromatic N) is 1. The van der Waals surface area contributed by atoms with Crippen LogP contribution in [0.15, 0.2) is 0 Å². The fourth-order valence-corrected chi connectivity index (χ4v) is 3.17. The molecule has 1 aliphatic heterocycles. The van der Waals surface area contributed by atoms with E-state index in [2.05, 4.69) is 24.2 Å². The molecule has 106 valence electrons. The maximum absolute atomic E-state index is 5.67. The second kappa shape index (κ2) is 7.46. The number of rotatable bonds is 7. The lowest BCUT2D eigenvalue weighted by molar-refractivity contribution is 0.0166. The van der Waals surface area contributed by atoms with Crippen molar-refractivity contribution in [3.8, 4) is 0 Å². The van der Waals surface area contributed by atoms with Crippen LogP contribution < -0.4 is 5.32 Å². The molecular formula is C15H30N2O. The third-order valence-corrected chi connectivity index (χ3v) is 4.47. The van der Waals surface area contributed by atoms with Gasteiger partial charge in [-0.3, -0.25) is 0 Å². The maximum Gasteiger partial charge on any atom is 0.0521 e. The molecule has 1 saturated carbocycles. The fraction of sp³-hybridized carbons (Fsp3) is 1.00. The maximum atomic E-state index is 5.67. The lowest BCUT2D eigenvalue weighted by atomic mass is 9.85. The Morgan fingerprint density at radius 1 is 1.22 bits per heavy atom. The van der Waals surface area contributed by atoms with Gasteiger partial charge in [0.1, 0.15) is 0 Å². The zero-order valence-electron chi connectivity index (χ0n) is 12.2. The van der Waals surface area contributed by atoms with Gasteiger partial charge in [-0.05, 0) is 45.2 Å². The molecule has 1 heterocycles. The topological polar surface area (TPSA) is 24.5 Å². The van der Waals surface area contributed by atoms with Gasteiger partial charge in [-0.15, -0.1) is 0 Å². The van der Waals surface area contributed by atoms with Crippen LogP contribution >= 0.6 is 0 Å². The minimum atomic E-state index is 0.669. The van der Waals surface area contributed by atoms with Gasteiger partial charge in [0.05, 0.1) is 6.61 Å². The Morgan fingerprint density at radius 3 is 2.72 bits per heavy atom. The second-order valence-electron chi connectivity index (χ2n) is 6.20. The Bertz CT molecular complexity index is 231. The molecule has 2 rings (SSSR count). The van der Waals surface area contributed by atoms with E-state index in [9.17, 15) is 0 Å². The van der Waals surface area contributed by atoms with Gasteiger partial charge in [-0.2, -0.15) is 0 Å². The minimum Gasteiger partial charge on any atom is -0.381 e. The predicted molar refractivity (Wildman–Crippen MR) is 75.8 cm³/mol. The summed E-state index contributed by atoms with van der Waals surface area (Å²) in [4.78, 5) is 2.53. The molecule has 2 unspecified atom stereocenters. The first-order valence-electron chi connectivity index (χ1n) is 7.79. The number of hydrogen-bond donors (Lipinski definition) is 1. The molecule has 3 nitrogen and oxygen atoms in total. The van der Waals surface area contributed by atoms with Crippen molar-refractivity contribution in [1.82, 2.24) is 10.2 Å². The molecule has 0 bridgehead atoms. The minimum absolute atomic E-state index is 0.669. The van der Waals surface area contributed by atoms with Crippen molar-refractivity contribution in [2.45, 2.75) is 45.1 Å². The molecule has 1 N–H and O–H groups in total. The van der Waals surface area contributed by atoms with Crippen LogP contribution in [0.2, 0.25) is 0 Å². The largest absolute Gasteiger partial charge is 0.381 e. The molecule has 2 fully saturated rings. The lowest BCUT2D eigenvalue weighted by Crippen LogP contribution is -2.48. The number of hydrogen-bond acceptors (Lipinski definition) is 3. The van der Waals surface area contributed by atoms with E-state index in [1.54, 1.807) is 0 Å². The Balaban J connectivity index is 1.72. The molecule has 18 heavy (non-hydrogen) atoms. The van der Waals surface area contributed by atoms with Gasteiger partial charge in [0.25, 0.3) is 0 Å². The van der Waals surface area contributed by atoms with Crippen LogP contribution in [0.1, 0.15) is 39.0 Å². The highest BCUT2D eigenvalue weighted by Crippen LogP contribution is 2.27. The van der Waals surface area contributed by atoms with E-state index >= 15 is 0 Å². The molecule has 0 spiro atoms. The highest BCUT2D eigenvalue weighted by molar-refractivity contribution is 4.82. The van der Waals surface area contributed by atoms with Crippen molar-refractivity contribution in [3.05, 3.63) is 0 Å². The molecule has 0 aromatic rings. The Kier molecular flexibility index (Phi) is 5.93. The standard InChI is InChI=1S/C15H30N2O/c1-3-8-16-15-7-9-18-12-14(15)11-17(2)10-13-5-4-6-13/h13-16H,3-12H2,1-2H3. The van der Waals surface area contributed by atoms with Crippen LogP contribution in [-0.2, 0) is 4.74 Å². The van der Waals surface area contributed by atoms with E-state index in [0.717, 1.165) is 25.7 Å². The van der Waals surface area contributed by atoms with Crippen molar-refractivity contribution in [2.24, 2.45) is 11.8 Å². The fourth-order valence-electron chi connectivity index (χ4n) is 3.17. The molecule has 0 aromatic heterocycles. The summed E-state index contributed by atoms with van der Waals surface area (Å²) in [5, 5.41) is 3.70. The van der Waals surface area contributed by atoms with Gasteiger partial charge in [0.2, 0.25) is 0 Å². The van der Waals surface area contributed by atoms with E-state index in [-0.39, 0.29) is 0 Å². The van der Waals surface area contributed by atoms with Crippen LogP contribution in [0.5, 0.6) is 0 Å². The van der Waals surface area contributed by atoms with Gasteiger partial charge in [0, 0.05) is 31.7 Å². The molecule has 3 heteroatoms. The van der Waals surface area contributed by atoms with E-state index in [0.29, 0.717) is 12.0 Å². The van der Waals surface area contributed by atoms with E-state index < -0.39 is 0 Å². The van der Waals surface area contributed by atoms with Crippen LogP contribution in [0.4, 0.5) is 0 Å². The van der Waals surface area contributed by atoms with E-state index in [1.807, 2.05) is 0 Å². The molecule has 2 aliphatic rings. The Hall–Kier alpha value is -0.120. The number of nitrogens with one attached hydrogen (secondary N) is 1. The van der Waals surface area contributed by atoms with Gasteiger partial charge >= 0.3 is 0 Å². The lowest BCUT2D eigenvalue weighted by Gasteiger charge is -2.37. The molecule has 0 radical (unpaired) electrons. The molecule has 1 aliphatic carbocycles. The normalized spacial score (nSPS) is 29.5. The summed E-state index contributed by atoms with van der Waals surface area (Å²) in [7, 11) is 2.28. The molecular weight excluding hydrogens is 224 g/mol.